The number of carbonyl (C=O) groups is 1. The third-order valence-electron chi connectivity index (χ3n) is 3.42. The molecule has 1 aliphatic heterocycles. The molecule has 2 atom stereocenters. The van der Waals surface area contributed by atoms with Crippen molar-refractivity contribution >= 4 is 5.97 Å². The summed E-state index contributed by atoms with van der Waals surface area (Å²) in [6, 6.07) is 9.80. The van der Waals surface area contributed by atoms with E-state index in [1.165, 1.54) is 0 Å². The Morgan fingerprint density at radius 2 is 1.86 bits per heavy atom. The molecule has 0 bridgehead atoms. The van der Waals surface area contributed by atoms with Gasteiger partial charge in [-0.05, 0) is 0 Å². The van der Waals surface area contributed by atoms with Crippen LogP contribution in [0.4, 0.5) is 0 Å². The third kappa shape index (κ3) is 3.53. The van der Waals surface area contributed by atoms with Crippen molar-refractivity contribution in [1.29, 1.82) is 0 Å². The molecule has 0 fully saturated rings. The summed E-state index contributed by atoms with van der Waals surface area (Å²) in [4.78, 5) is 11.1. The number of esters is 1. The fourth-order valence-corrected chi connectivity index (χ4v) is 2.47. The molecule has 0 radical (unpaired) electrons. The van der Waals surface area contributed by atoms with E-state index in [0.717, 1.165) is 5.56 Å². The van der Waals surface area contributed by atoms with Crippen LogP contribution in [0.25, 0.3) is 0 Å². The molecule has 3 N–H and O–H groups in total. The number of aliphatic hydroxyl groups excluding tert-OH is 3. The van der Waals surface area contributed by atoms with Gasteiger partial charge in [0.1, 0.15) is 19.2 Å². The van der Waals surface area contributed by atoms with Gasteiger partial charge in [-0.15, -0.1) is 0 Å². The fourth-order valence-electron chi connectivity index (χ4n) is 2.47. The molecule has 2 unspecified atom stereocenters. The van der Waals surface area contributed by atoms with Gasteiger partial charge in [-0.3, -0.25) is 0 Å². The first-order chi connectivity index (χ1) is 9.80. The standard InChI is InChI=1S/C15H19NO5/c1-16(2,8-10-6-4-3-5-7-10)9-11(17)14-12(18)13(19)15(20)21-14/h3-7,11,14,17H,8-9H2,1-2H3,(H-,18,19,20)/p+1. The van der Waals surface area contributed by atoms with Crippen LogP contribution in [0.2, 0.25) is 0 Å². The molecule has 1 aromatic carbocycles. The first-order valence-corrected chi connectivity index (χ1v) is 6.67. The van der Waals surface area contributed by atoms with Gasteiger partial charge in [-0.1, -0.05) is 30.3 Å². The van der Waals surface area contributed by atoms with Crippen molar-refractivity contribution in [2.75, 3.05) is 20.6 Å². The van der Waals surface area contributed by atoms with Gasteiger partial charge in [0.05, 0.1) is 14.1 Å². The summed E-state index contributed by atoms with van der Waals surface area (Å²) in [5, 5.41) is 29.0. The second kappa shape index (κ2) is 5.75. The molecule has 1 heterocycles. The molecule has 114 valence electrons. The Kier molecular flexibility index (Phi) is 4.20. The molecule has 0 amide bonds. The number of aliphatic hydroxyl groups is 3. The third-order valence-corrected chi connectivity index (χ3v) is 3.42. The zero-order valence-electron chi connectivity index (χ0n) is 12.1. The Balaban J connectivity index is 2.02. The molecule has 6 heteroatoms. The summed E-state index contributed by atoms with van der Waals surface area (Å²) in [5.41, 5.74) is 1.11. The maximum atomic E-state index is 11.1. The van der Waals surface area contributed by atoms with Crippen molar-refractivity contribution in [1.82, 2.24) is 0 Å². The smallest absolute Gasteiger partial charge is 0.377 e. The van der Waals surface area contributed by atoms with Crippen LogP contribution in [0.15, 0.2) is 41.9 Å². The van der Waals surface area contributed by atoms with Gasteiger partial charge in [0, 0.05) is 5.56 Å². The van der Waals surface area contributed by atoms with Crippen LogP contribution in [0.1, 0.15) is 5.56 Å². The average molecular weight is 294 g/mol. The van der Waals surface area contributed by atoms with Crippen LogP contribution in [-0.4, -0.2) is 58.6 Å². The maximum Gasteiger partial charge on any atom is 0.377 e. The predicted molar refractivity (Wildman–Crippen MR) is 75.3 cm³/mol. The molecule has 0 aliphatic carbocycles. The number of likely N-dealkylation sites (N-methyl/N-ethyl adjacent to an activating group) is 1. The second-order valence-corrected chi connectivity index (χ2v) is 5.89. The topological polar surface area (TPSA) is 87.0 Å². The van der Waals surface area contributed by atoms with Gasteiger partial charge in [-0.25, -0.2) is 4.79 Å². The maximum absolute atomic E-state index is 11.1. The quantitative estimate of drug-likeness (QED) is 0.554. The largest absolute Gasteiger partial charge is 0.505 e. The lowest BCUT2D eigenvalue weighted by Gasteiger charge is -2.33. The molecular formula is C15H20NO5+. The van der Waals surface area contributed by atoms with Crippen LogP contribution in [0.3, 0.4) is 0 Å². The van der Waals surface area contributed by atoms with E-state index in [9.17, 15) is 20.1 Å². The summed E-state index contributed by atoms with van der Waals surface area (Å²) in [7, 11) is 3.85. The van der Waals surface area contributed by atoms with E-state index in [1.807, 2.05) is 44.4 Å². The highest BCUT2D eigenvalue weighted by Crippen LogP contribution is 2.23. The van der Waals surface area contributed by atoms with E-state index < -0.39 is 29.7 Å². The van der Waals surface area contributed by atoms with Crippen LogP contribution < -0.4 is 0 Å². The summed E-state index contributed by atoms with van der Waals surface area (Å²) in [6.45, 7) is 0.930. The highest BCUT2D eigenvalue weighted by atomic mass is 16.6. The Bertz CT molecular complexity index is 552. The van der Waals surface area contributed by atoms with E-state index in [0.29, 0.717) is 11.0 Å². The van der Waals surface area contributed by atoms with Gasteiger partial charge in [0.25, 0.3) is 0 Å². The Hall–Kier alpha value is -2.05. The van der Waals surface area contributed by atoms with Crippen LogP contribution in [0.5, 0.6) is 0 Å². The second-order valence-electron chi connectivity index (χ2n) is 5.89. The number of quaternary nitrogens is 1. The van der Waals surface area contributed by atoms with Crippen molar-refractivity contribution in [3.8, 4) is 0 Å². The number of nitrogens with zero attached hydrogens (tertiary/aromatic N) is 1. The molecule has 0 saturated heterocycles. The van der Waals surface area contributed by atoms with Crippen molar-refractivity contribution < 1.29 is 29.3 Å². The van der Waals surface area contributed by atoms with Crippen molar-refractivity contribution in [3.05, 3.63) is 47.4 Å². The van der Waals surface area contributed by atoms with Gasteiger partial charge in [0.2, 0.25) is 5.76 Å². The number of carbonyl (C=O) groups excluding carboxylic acids is 1. The zero-order valence-corrected chi connectivity index (χ0v) is 12.1. The monoisotopic (exact) mass is 294 g/mol. The molecular weight excluding hydrogens is 274 g/mol. The zero-order chi connectivity index (χ0) is 15.6. The molecule has 0 spiro atoms. The highest BCUT2D eigenvalue weighted by Gasteiger charge is 2.41. The fraction of sp³-hybridized carbons (Fsp3) is 0.400. The SMILES string of the molecule is C[N+](C)(Cc1ccccc1)CC(O)C1OC(=O)C(O)=C1O. The van der Waals surface area contributed by atoms with Gasteiger partial charge < -0.3 is 24.5 Å². The number of rotatable bonds is 5. The molecule has 1 aliphatic rings. The molecule has 6 nitrogen and oxygen atoms in total. The Morgan fingerprint density at radius 1 is 1.24 bits per heavy atom. The molecule has 2 rings (SSSR count). The van der Waals surface area contributed by atoms with Crippen LogP contribution >= 0.6 is 0 Å². The first kappa shape index (κ1) is 15.3. The number of hydrogen-bond acceptors (Lipinski definition) is 5. The van der Waals surface area contributed by atoms with Crippen molar-refractivity contribution in [2.45, 2.75) is 18.8 Å². The van der Waals surface area contributed by atoms with E-state index >= 15 is 0 Å². The normalized spacial score (nSPS) is 20.5. The first-order valence-electron chi connectivity index (χ1n) is 6.67. The minimum Gasteiger partial charge on any atom is -0.505 e. The Labute approximate surface area is 123 Å². The summed E-state index contributed by atoms with van der Waals surface area (Å²) >= 11 is 0. The summed E-state index contributed by atoms with van der Waals surface area (Å²) in [5.74, 6) is -2.44. The number of ether oxygens (including phenoxy) is 1. The minimum absolute atomic E-state index is 0.254. The molecule has 1 aromatic rings. The van der Waals surface area contributed by atoms with Gasteiger partial charge in [0.15, 0.2) is 11.9 Å². The predicted octanol–water partition coefficient (Wildman–Crippen LogP) is 0.877. The number of benzene rings is 1. The van der Waals surface area contributed by atoms with E-state index in [2.05, 4.69) is 0 Å². The van der Waals surface area contributed by atoms with Crippen LogP contribution in [-0.2, 0) is 16.1 Å². The summed E-state index contributed by atoms with van der Waals surface area (Å²) in [6.07, 6.45) is -2.30. The highest BCUT2D eigenvalue weighted by molar-refractivity contribution is 5.89. The van der Waals surface area contributed by atoms with Gasteiger partial charge in [-0.2, -0.15) is 0 Å². The molecule has 0 saturated carbocycles. The van der Waals surface area contributed by atoms with Gasteiger partial charge >= 0.3 is 5.97 Å². The average Bonchev–Trinajstić information content (AvgIpc) is 2.66. The lowest BCUT2D eigenvalue weighted by atomic mass is 10.1. The number of hydrogen-bond donors (Lipinski definition) is 3. The molecule has 0 aromatic heterocycles. The minimum atomic E-state index is -1.20. The van der Waals surface area contributed by atoms with Crippen molar-refractivity contribution in [3.63, 3.8) is 0 Å². The van der Waals surface area contributed by atoms with E-state index in [-0.39, 0.29) is 6.54 Å². The number of cyclic esters (lactones) is 1. The van der Waals surface area contributed by atoms with Crippen LogP contribution in [0, 0.1) is 0 Å². The summed E-state index contributed by atoms with van der Waals surface area (Å²) < 4.78 is 5.21. The molecule has 21 heavy (non-hydrogen) atoms. The lowest BCUT2D eigenvalue weighted by Crippen LogP contribution is -2.48. The Morgan fingerprint density at radius 3 is 2.38 bits per heavy atom. The van der Waals surface area contributed by atoms with Crippen molar-refractivity contribution in [2.24, 2.45) is 0 Å². The van der Waals surface area contributed by atoms with E-state index in [4.69, 9.17) is 4.74 Å². The lowest BCUT2D eigenvalue weighted by molar-refractivity contribution is -0.906. The van der Waals surface area contributed by atoms with E-state index in [1.54, 1.807) is 0 Å².